The standard InChI is InChI=1S/C14H27N3O4/c1-10(6-7-17(4)5)15-13(21)16-11(18)8-14(2,3)9-12(19)20/h10H,6-9H2,1-5H3,(H,19,20)(H2,15,16,18,21). The normalized spacial score (nSPS) is 12.9. The number of nitrogens with one attached hydrogen (secondary N) is 2. The van der Waals surface area contributed by atoms with E-state index in [4.69, 9.17) is 5.11 Å². The average molecular weight is 301 g/mol. The van der Waals surface area contributed by atoms with E-state index in [1.165, 1.54) is 0 Å². The largest absolute Gasteiger partial charge is 0.481 e. The molecule has 0 radical (unpaired) electrons. The van der Waals surface area contributed by atoms with Crippen molar-refractivity contribution in [3.63, 3.8) is 0 Å². The zero-order chi connectivity index (χ0) is 16.6. The second-order valence-corrected chi connectivity index (χ2v) is 6.43. The summed E-state index contributed by atoms with van der Waals surface area (Å²) in [5.41, 5.74) is -0.688. The van der Waals surface area contributed by atoms with Gasteiger partial charge in [-0.3, -0.25) is 14.9 Å². The molecule has 7 nitrogen and oxygen atoms in total. The van der Waals surface area contributed by atoms with Crippen LogP contribution in [-0.4, -0.2) is 54.6 Å². The number of aliphatic carboxylic acids is 1. The minimum absolute atomic E-state index is 0.0151. The van der Waals surface area contributed by atoms with E-state index in [9.17, 15) is 14.4 Å². The molecule has 0 fully saturated rings. The van der Waals surface area contributed by atoms with Crippen LogP contribution in [0.3, 0.4) is 0 Å². The summed E-state index contributed by atoms with van der Waals surface area (Å²) in [5, 5.41) is 13.7. The molecule has 0 aromatic heterocycles. The Morgan fingerprint density at radius 1 is 1.19 bits per heavy atom. The Morgan fingerprint density at radius 2 is 1.76 bits per heavy atom. The highest BCUT2D eigenvalue weighted by Crippen LogP contribution is 2.24. The van der Waals surface area contributed by atoms with Gasteiger partial charge in [0.1, 0.15) is 0 Å². The van der Waals surface area contributed by atoms with Crippen LogP contribution < -0.4 is 10.6 Å². The lowest BCUT2D eigenvalue weighted by atomic mass is 9.85. The lowest BCUT2D eigenvalue weighted by Gasteiger charge is -2.22. The molecule has 0 saturated carbocycles. The van der Waals surface area contributed by atoms with Crippen molar-refractivity contribution in [1.29, 1.82) is 0 Å². The number of urea groups is 1. The molecule has 1 atom stereocenters. The number of carboxylic acid groups (broad SMARTS) is 1. The molecule has 0 aliphatic rings. The van der Waals surface area contributed by atoms with Crippen molar-refractivity contribution in [3.8, 4) is 0 Å². The minimum atomic E-state index is -0.963. The number of carbonyl (C=O) groups excluding carboxylic acids is 2. The summed E-state index contributed by atoms with van der Waals surface area (Å²) >= 11 is 0. The Kier molecular flexibility index (Phi) is 7.94. The molecular weight excluding hydrogens is 274 g/mol. The van der Waals surface area contributed by atoms with Crippen LogP contribution in [0.1, 0.15) is 40.0 Å². The Hall–Kier alpha value is -1.63. The minimum Gasteiger partial charge on any atom is -0.481 e. The zero-order valence-electron chi connectivity index (χ0n) is 13.5. The van der Waals surface area contributed by atoms with Gasteiger partial charge in [-0.25, -0.2) is 4.79 Å². The van der Waals surface area contributed by atoms with Gasteiger partial charge in [0.25, 0.3) is 0 Å². The van der Waals surface area contributed by atoms with Crippen LogP contribution in [0, 0.1) is 5.41 Å². The third kappa shape index (κ3) is 10.8. The highest BCUT2D eigenvalue weighted by Gasteiger charge is 2.26. The van der Waals surface area contributed by atoms with Crippen LogP contribution in [0.4, 0.5) is 4.79 Å². The molecule has 1 unspecified atom stereocenters. The van der Waals surface area contributed by atoms with E-state index in [0.29, 0.717) is 0 Å². The molecule has 0 bridgehead atoms. The van der Waals surface area contributed by atoms with E-state index < -0.39 is 23.3 Å². The first kappa shape index (κ1) is 19.4. The van der Waals surface area contributed by atoms with E-state index in [0.717, 1.165) is 13.0 Å². The third-order valence-corrected chi connectivity index (χ3v) is 2.91. The number of imide groups is 1. The molecule has 0 spiro atoms. The van der Waals surface area contributed by atoms with Crippen molar-refractivity contribution < 1.29 is 19.5 Å². The van der Waals surface area contributed by atoms with Gasteiger partial charge in [-0.2, -0.15) is 0 Å². The summed E-state index contributed by atoms with van der Waals surface area (Å²) in [5.74, 6) is -1.44. The molecule has 3 N–H and O–H groups in total. The number of carboxylic acids is 1. The summed E-state index contributed by atoms with van der Waals surface area (Å²) in [4.78, 5) is 36.1. The van der Waals surface area contributed by atoms with Crippen LogP contribution in [0.15, 0.2) is 0 Å². The lowest BCUT2D eigenvalue weighted by molar-refractivity contribution is -0.139. The Labute approximate surface area is 126 Å². The van der Waals surface area contributed by atoms with Crippen molar-refractivity contribution in [3.05, 3.63) is 0 Å². The van der Waals surface area contributed by atoms with Crippen molar-refractivity contribution in [2.45, 2.75) is 46.1 Å². The highest BCUT2D eigenvalue weighted by molar-refractivity contribution is 5.94. The Bertz CT molecular complexity index is 380. The fraction of sp³-hybridized carbons (Fsp3) is 0.786. The molecule has 0 aliphatic carbocycles. The number of amides is 3. The van der Waals surface area contributed by atoms with Gasteiger partial charge in [0.2, 0.25) is 5.91 Å². The van der Waals surface area contributed by atoms with E-state index in [-0.39, 0.29) is 18.9 Å². The fourth-order valence-corrected chi connectivity index (χ4v) is 1.86. The summed E-state index contributed by atoms with van der Waals surface area (Å²) in [6.07, 6.45) is 0.638. The molecule has 0 aromatic carbocycles. The van der Waals surface area contributed by atoms with Crippen molar-refractivity contribution >= 4 is 17.9 Å². The monoisotopic (exact) mass is 301 g/mol. The van der Waals surface area contributed by atoms with Crippen LogP contribution in [-0.2, 0) is 9.59 Å². The number of nitrogens with zero attached hydrogens (tertiary/aromatic N) is 1. The smallest absolute Gasteiger partial charge is 0.321 e. The van der Waals surface area contributed by atoms with Crippen LogP contribution in [0.25, 0.3) is 0 Å². The number of hydrogen-bond acceptors (Lipinski definition) is 4. The summed E-state index contributed by atoms with van der Waals surface area (Å²) < 4.78 is 0. The average Bonchev–Trinajstić information content (AvgIpc) is 2.22. The van der Waals surface area contributed by atoms with Gasteiger partial charge >= 0.3 is 12.0 Å². The van der Waals surface area contributed by atoms with Crippen molar-refractivity contribution in [2.24, 2.45) is 5.41 Å². The first-order chi connectivity index (χ1) is 9.51. The maximum atomic E-state index is 11.7. The van der Waals surface area contributed by atoms with Gasteiger partial charge in [0.05, 0.1) is 6.42 Å². The lowest BCUT2D eigenvalue weighted by Crippen LogP contribution is -2.45. The maximum absolute atomic E-state index is 11.7. The number of hydrogen-bond donors (Lipinski definition) is 3. The molecule has 0 aliphatic heterocycles. The summed E-state index contributed by atoms with van der Waals surface area (Å²) in [6, 6.07) is -0.593. The molecule has 3 amide bonds. The molecular formula is C14H27N3O4. The first-order valence-electron chi connectivity index (χ1n) is 6.99. The van der Waals surface area contributed by atoms with E-state index in [2.05, 4.69) is 10.6 Å². The molecule has 122 valence electrons. The van der Waals surface area contributed by atoms with Crippen LogP contribution in [0.2, 0.25) is 0 Å². The van der Waals surface area contributed by atoms with Crippen molar-refractivity contribution in [2.75, 3.05) is 20.6 Å². The molecule has 0 rings (SSSR count). The van der Waals surface area contributed by atoms with Crippen LogP contribution >= 0.6 is 0 Å². The molecule has 0 aromatic rings. The van der Waals surface area contributed by atoms with Gasteiger partial charge in [0.15, 0.2) is 0 Å². The highest BCUT2D eigenvalue weighted by atomic mass is 16.4. The topological polar surface area (TPSA) is 98.7 Å². The van der Waals surface area contributed by atoms with Gasteiger partial charge in [-0.1, -0.05) is 13.8 Å². The SMILES string of the molecule is CC(CCN(C)C)NC(=O)NC(=O)CC(C)(C)CC(=O)O. The van der Waals surface area contributed by atoms with Crippen molar-refractivity contribution in [1.82, 2.24) is 15.5 Å². The predicted octanol–water partition coefficient (Wildman–Crippen LogP) is 1.04. The Balaban J connectivity index is 4.15. The van der Waals surface area contributed by atoms with E-state index in [1.807, 2.05) is 25.9 Å². The summed E-state index contributed by atoms with van der Waals surface area (Å²) in [6.45, 7) is 6.06. The number of carbonyl (C=O) groups is 3. The molecule has 0 heterocycles. The third-order valence-electron chi connectivity index (χ3n) is 2.91. The fourth-order valence-electron chi connectivity index (χ4n) is 1.86. The predicted molar refractivity (Wildman–Crippen MR) is 80.0 cm³/mol. The van der Waals surface area contributed by atoms with Gasteiger partial charge in [-0.05, 0) is 39.4 Å². The van der Waals surface area contributed by atoms with Crippen LogP contribution in [0.5, 0.6) is 0 Å². The quantitative estimate of drug-likeness (QED) is 0.622. The zero-order valence-corrected chi connectivity index (χ0v) is 13.5. The van der Waals surface area contributed by atoms with Gasteiger partial charge < -0.3 is 15.3 Å². The second-order valence-electron chi connectivity index (χ2n) is 6.43. The molecule has 0 saturated heterocycles. The Morgan fingerprint density at radius 3 is 2.24 bits per heavy atom. The number of rotatable bonds is 8. The first-order valence-corrected chi connectivity index (χ1v) is 6.99. The molecule has 21 heavy (non-hydrogen) atoms. The van der Waals surface area contributed by atoms with Gasteiger partial charge in [-0.15, -0.1) is 0 Å². The van der Waals surface area contributed by atoms with E-state index >= 15 is 0 Å². The maximum Gasteiger partial charge on any atom is 0.321 e. The second kappa shape index (κ2) is 8.61. The van der Waals surface area contributed by atoms with Gasteiger partial charge in [0, 0.05) is 12.5 Å². The van der Waals surface area contributed by atoms with E-state index in [1.54, 1.807) is 13.8 Å². The summed E-state index contributed by atoms with van der Waals surface area (Å²) in [7, 11) is 3.89. The molecule has 7 heteroatoms.